The molecule has 0 N–H and O–H groups in total. The highest BCUT2D eigenvalue weighted by atomic mass is 32.1. The second kappa shape index (κ2) is 12.8. The largest absolute Gasteiger partial charge is 0.456 e. The second-order valence-corrected chi connectivity index (χ2v) is 16.6. The maximum absolute atomic E-state index is 6.85. The molecule has 57 heavy (non-hydrogen) atoms. The quantitative estimate of drug-likeness (QED) is 0.168. The summed E-state index contributed by atoms with van der Waals surface area (Å²) in [6.45, 7) is 0. The summed E-state index contributed by atoms with van der Waals surface area (Å²) in [6, 6.07) is 70.2. The van der Waals surface area contributed by atoms with Gasteiger partial charge in [0, 0.05) is 58.1 Å². The lowest BCUT2D eigenvalue weighted by Crippen LogP contribution is -2.17. The fourth-order valence-electron chi connectivity index (χ4n) is 8.74. The van der Waals surface area contributed by atoms with Gasteiger partial charge in [-0.05, 0) is 89.6 Å². The minimum Gasteiger partial charge on any atom is -0.456 e. The number of benzene rings is 9. The maximum Gasteiger partial charge on any atom is 0.137 e. The molecule has 0 saturated heterocycles. The Balaban J connectivity index is 1.26. The molecule has 0 bridgehead atoms. The first-order chi connectivity index (χ1) is 28.3. The van der Waals surface area contributed by atoms with Gasteiger partial charge >= 0.3 is 0 Å². The van der Waals surface area contributed by atoms with Crippen LogP contribution in [0.2, 0.25) is 0 Å². The fourth-order valence-corrected chi connectivity index (χ4v) is 11.0. The lowest BCUT2D eigenvalue weighted by Gasteiger charge is -2.34. The van der Waals surface area contributed by atoms with Crippen LogP contribution in [0.1, 0.15) is 0 Å². The van der Waals surface area contributed by atoms with Gasteiger partial charge in [0.2, 0.25) is 0 Å². The highest BCUT2D eigenvalue weighted by molar-refractivity contribution is 7.26. The minimum atomic E-state index is 0.844. The Morgan fingerprint density at radius 2 is 0.947 bits per heavy atom. The van der Waals surface area contributed by atoms with E-state index in [2.05, 4.69) is 204 Å². The van der Waals surface area contributed by atoms with Crippen LogP contribution in [0, 0.1) is 0 Å². The van der Waals surface area contributed by atoms with E-state index in [9.17, 15) is 0 Å². The van der Waals surface area contributed by atoms with Crippen molar-refractivity contribution in [3.05, 3.63) is 194 Å². The average Bonchev–Trinajstić information content (AvgIpc) is 3.97. The molecule has 3 heterocycles. The van der Waals surface area contributed by atoms with Gasteiger partial charge < -0.3 is 14.2 Å². The Labute approximate surface area is 336 Å². The minimum absolute atomic E-state index is 0.844. The maximum atomic E-state index is 6.85. The van der Waals surface area contributed by atoms with Crippen molar-refractivity contribution in [3.63, 3.8) is 0 Å². The molecule has 5 heteroatoms. The average molecular weight is 765 g/mol. The van der Waals surface area contributed by atoms with E-state index in [1.807, 2.05) is 22.7 Å². The van der Waals surface area contributed by atoms with Gasteiger partial charge in [-0.1, -0.05) is 115 Å². The Morgan fingerprint density at radius 3 is 1.74 bits per heavy atom. The van der Waals surface area contributed by atoms with Crippen molar-refractivity contribution in [2.24, 2.45) is 0 Å². The Kier molecular flexibility index (Phi) is 7.27. The highest BCUT2D eigenvalue weighted by Gasteiger charge is 2.29. The molecule has 0 amide bonds. The third-order valence-electron chi connectivity index (χ3n) is 11.2. The number of anilines is 6. The van der Waals surface area contributed by atoms with E-state index >= 15 is 0 Å². The third kappa shape index (κ3) is 5.03. The van der Waals surface area contributed by atoms with Crippen LogP contribution < -0.4 is 9.80 Å². The number of rotatable bonds is 6. The topological polar surface area (TPSA) is 19.6 Å². The SMILES string of the molecule is c1ccc(N(c2ccc3oc4ccc5ccccc5c4c3c2N(c2ccccc2)c2ccc3sc4ccccc4c3c2)c2cccc3c2sc2ccccc23)cc1. The molecule has 0 radical (unpaired) electrons. The monoisotopic (exact) mass is 764 g/mol. The first-order valence-corrected chi connectivity index (χ1v) is 20.8. The predicted molar refractivity (Wildman–Crippen MR) is 246 cm³/mol. The molecule has 3 nitrogen and oxygen atoms in total. The summed E-state index contributed by atoms with van der Waals surface area (Å²) >= 11 is 3.70. The summed E-state index contributed by atoms with van der Waals surface area (Å²) in [4.78, 5) is 4.92. The molecule has 0 aliphatic rings. The number of furan rings is 1. The van der Waals surface area contributed by atoms with E-state index in [1.54, 1.807) is 0 Å². The van der Waals surface area contributed by atoms with E-state index in [1.165, 1.54) is 45.7 Å². The first-order valence-electron chi connectivity index (χ1n) is 19.2. The van der Waals surface area contributed by atoms with Crippen molar-refractivity contribution in [2.75, 3.05) is 9.80 Å². The summed E-state index contributed by atoms with van der Waals surface area (Å²) in [6.07, 6.45) is 0. The van der Waals surface area contributed by atoms with Gasteiger partial charge in [-0.15, -0.1) is 22.7 Å². The Bertz CT molecular complexity index is 3490. The predicted octanol–water partition coefficient (Wildman–Crippen LogP) is 16.4. The molecule has 12 rings (SSSR count). The van der Waals surface area contributed by atoms with Gasteiger partial charge in [0.25, 0.3) is 0 Å². The van der Waals surface area contributed by atoms with E-state index in [-0.39, 0.29) is 0 Å². The van der Waals surface area contributed by atoms with Crippen molar-refractivity contribution < 1.29 is 4.42 Å². The zero-order valence-corrected chi connectivity index (χ0v) is 32.2. The van der Waals surface area contributed by atoms with E-state index in [0.29, 0.717) is 0 Å². The number of fused-ring (bicyclic) bond motifs is 11. The molecule has 0 unspecified atom stereocenters. The molecule has 12 aromatic rings. The summed E-state index contributed by atoms with van der Waals surface area (Å²) in [7, 11) is 0. The van der Waals surface area contributed by atoms with E-state index < -0.39 is 0 Å². The van der Waals surface area contributed by atoms with Crippen LogP contribution in [0.25, 0.3) is 73.1 Å². The molecule has 0 atom stereocenters. The molecule has 0 fully saturated rings. The molecular formula is C52H32N2OS2. The highest BCUT2D eigenvalue weighted by Crippen LogP contribution is 2.54. The second-order valence-electron chi connectivity index (χ2n) is 14.4. The van der Waals surface area contributed by atoms with Gasteiger partial charge in [0.05, 0.1) is 27.1 Å². The van der Waals surface area contributed by atoms with Crippen LogP contribution in [0.3, 0.4) is 0 Å². The molecule has 0 aliphatic carbocycles. The number of hydrogen-bond acceptors (Lipinski definition) is 5. The lowest BCUT2D eigenvalue weighted by atomic mass is 10.00. The zero-order chi connectivity index (χ0) is 37.5. The molecule has 0 saturated carbocycles. The Hall–Kier alpha value is -6.92. The molecule has 0 spiro atoms. The van der Waals surface area contributed by atoms with Gasteiger partial charge in [-0.3, -0.25) is 0 Å². The summed E-state index contributed by atoms with van der Waals surface area (Å²) in [5.74, 6) is 0. The van der Waals surface area contributed by atoms with Crippen LogP contribution in [0.15, 0.2) is 199 Å². The number of hydrogen-bond donors (Lipinski definition) is 0. The molecule has 3 aromatic heterocycles. The van der Waals surface area contributed by atoms with Crippen LogP contribution in [-0.2, 0) is 0 Å². The number of thiophene rings is 2. The fraction of sp³-hybridized carbons (Fsp3) is 0. The van der Waals surface area contributed by atoms with Crippen LogP contribution in [0.4, 0.5) is 34.1 Å². The number of nitrogens with zero attached hydrogens (tertiary/aromatic N) is 2. The van der Waals surface area contributed by atoms with E-state index in [4.69, 9.17) is 4.42 Å². The number of para-hydroxylation sites is 2. The van der Waals surface area contributed by atoms with Gasteiger partial charge in [-0.2, -0.15) is 0 Å². The first kappa shape index (κ1) is 32.3. The van der Waals surface area contributed by atoms with Crippen molar-refractivity contribution >= 4 is 130 Å². The van der Waals surface area contributed by atoms with Crippen LogP contribution in [-0.4, -0.2) is 0 Å². The van der Waals surface area contributed by atoms with Crippen LogP contribution >= 0.6 is 22.7 Å². The molecule has 0 aliphatic heterocycles. The van der Waals surface area contributed by atoms with Gasteiger partial charge in [0.15, 0.2) is 0 Å². The summed E-state index contributed by atoms with van der Waals surface area (Å²) in [5.41, 5.74) is 8.16. The Morgan fingerprint density at radius 1 is 0.351 bits per heavy atom. The standard InChI is InChI=1S/C52H32N2OS2/c1-3-15-34(16-4-1)53(36-27-31-48-41(32-36)39-21-10-11-24-46(39)56-48)51-42(28-30-45-50(51)49-37-19-8-7-14-33(37)26-29-44(49)55-45)54(35-17-5-2-6-18-35)43-23-13-22-40-38-20-9-12-25-47(38)57-52(40)43/h1-32H. The van der Waals surface area contributed by atoms with Crippen molar-refractivity contribution in [1.29, 1.82) is 0 Å². The van der Waals surface area contributed by atoms with Gasteiger partial charge in [0.1, 0.15) is 11.2 Å². The molecular weight excluding hydrogens is 733 g/mol. The van der Waals surface area contributed by atoms with E-state index in [0.717, 1.165) is 61.4 Å². The van der Waals surface area contributed by atoms with Crippen molar-refractivity contribution in [1.82, 2.24) is 0 Å². The molecule has 268 valence electrons. The normalized spacial score (nSPS) is 11.9. The van der Waals surface area contributed by atoms with Crippen molar-refractivity contribution in [3.8, 4) is 0 Å². The third-order valence-corrected chi connectivity index (χ3v) is 13.6. The van der Waals surface area contributed by atoms with Gasteiger partial charge in [-0.25, -0.2) is 0 Å². The summed E-state index contributed by atoms with van der Waals surface area (Å²) < 4.78 is 11.9. The van der Waals surface area contributed by atoms with Crippen LogP contribution in [0.5, 0.6) is 0 Å². The lowest BCUT2D eigenvalue weighted by molar-refractivity contribution is 0.669. The van der Waals surface area contributed by atoms with Crippen molar-refractivity contribution in [2.45, 2.75) is 0 Å². The summed E-state index contributed by atoms with van der Waals surface area (Å²) in [5, 5.41) is 9.57. The molecule has 9 aromatic carbocycles. The smallest absolute Gasteiger partial charge is 0.137 e. The zero-order valence-electron chi connectivity index (χ0n) is 30.6.